The maximum Gasteiger partial charge on any atom is 0.159 e. The van der Waals surface area contributed by atoms with E-state index in [1.54, 1.807) is 19.1 Å². The molecule has 0 radical (unpaired) electrons. The summed E-state index contributed by atoms with van der Waals surface area (Å²) in [6.07, 6.45) is 0.867. The Morgan fingerprint density at radius 1 is 0.821 bits per heavy atom. The zero-order valence-electron chi connectivity index (χ0n) is 15.8. The Morgan fingerprint density at radius 3 is 1.93 bits per heavy atom. The van der Waals surface area contributed by atoms with Crippen molar-refractivity contribution in [3.05, 3.63) is 106 Å². The van der Waals surface area contributed by atoms with Crippen LogP contribution in [0.1, 0.15) is 39.5 Å². The minimum atomic E-state index is -0.201. The number of halogens is 1. The molecule has 0 aliphatic rings. The van der Waals surface area contributed by atoms with E-state index in [-0.39, 0.29) is 11.6 Å². The molecule has 0 aliphatic heterocycles. The Morgan fingerprint density at radius 2 is 1.36 bits per heavy atom. The third kappa shape index (κ3) is 5.90. The number of hydrogen-bond donors (Lipinski definition) is 1. The van der Waals surface area contributed by atoms with Crippen LogP contribution in [0.25, 0.3) is 0 Å². The lowest BCUT2D eigenvalue weighted by molar-refractivity contribution is 0.101. The maximum absolute atomic E-state index is 12.9. The van der Waals surface area contributed by atoms with E-state index >= 15 is 0 Å². The molecule has 0 bridgehead atoms. The number of Topliss-reactive ketones (excluding diaryl/α,β-unsaturated/α-hetero) is 1. The monoisotopic (exact) mass is 371 g/mol. The van der Waals surface area contributed by atoms with Gasteiger partial charge in [0.05, 0.1) is 0 Å². The molecule has 0 spiro atoms. The minimum Gasteiger partial charge on any atom is -0.312 e. The van der Waals surface area contributed by atoms with Crippen LogP contribution in [0.4, 0.5) is 4.39 Å². The van der Waals surface area contributed by atoms with E-state index in [1.165, 1.54) is 17.7 Å². The summed E-state index contributed by atoms with van der Waals surface area (Å²) in [7, 11) is 0. The highest BCUT2D eigenvalue weighted by molar-refractivity contribution is 5.94. The molecule has 0 unspecified atom stereocenters. The van der Waals surface area contributed by atoms with Crippen molar-refractivity contribution in [3.63, 3.8) is 0 Å². The zero-order valence-corrected chi connectivity index (χ0v) is 15.8. The molecule has 28 heavy (non-hydrogen) atoms. The second-order valence-corrected chi connectivity index (χ2v) is 6.63. The van der Waals surface area contributed by atoms with Gasteiger partial charge in [0.2, 0.25) is 0 Å². The van der Waals surface area contributed by atoms with Crippen molar-refractivity contribution in [3.8, 4) is 11.8 Å². The van der Waals surface area contributed by atoms with Gasteiger partial charge in [-0.1, -0.05) is 48.2 Å². The molecule has 140 valence electrons. The first-order valence-electron chi connectivity index (χ1n) is 9.27. The average molecular weight is 371 g/mol. The topological polar surface area (TPSA) is 29.1 Å². The Balaban J connectivity index is 1.48. The summed E-state index contributed by atoms with van der Waals surface area (Å²) in [5.74, 6) is 6.12. The molecule has 3 rings (SSSR count). The number of benzene rings is 3. The number of carbonyl (C=O) groups excluding carboxylic acids is 1. The van der Waals surface area contributed by atoms with Gasteiger partial charge in [-0.15, -0.1) is 0 Å². The number of ketones is 1. The Kier molecular flexibility index (Phi) is 6.73. The predicted octanol–water partition coefficient (Wildman–Crippen LogP) is 4.76. The molecule has 3 heteroatoms. The normalized spacial score (nSPS) is 10.2. The van der Waals surface area contributed by atoms with E-state index in [2.05, 4.69) is 29.3 Å². The molecule has 0 amide bonds. The van der Waals surface area contributed by atoms with E-state index in [0.29, 0.717) is 5.56 Å². The van der Waals surface area contributed by atoms with E-state index in [1.807, 2.05) is 36.4 Å². The second-order valence-electron chi connectivity index (χ2n) is 6.63. The van der Waals surface area contributed by atoms with Gasteiger partial charge in [0, 0.05) is 23.2 Å². The molecule has 1 N–H and O–H groups in total. The first-order valence-corrected chi connectivity index (χ1v) is 9.27. The van der Waals surface area contributed by atoms with Crippen LogP contribution in [0.3, 0.4) is 0 Å². The zero-order chi connectivity index (χ0) is 19.8. The van der Waals surface area contributed by atoms with Crippen molar-refractivity contribution in [2.24, 2.45) is 0 Å². The Bertz CT molecular complexity index is 978. The smallest absolute Gasteiger partial charge is 0.159 e. The predicted molar refractivity (Wildman–Crippen MR) is 111 cm³/mol. The molecule has 0 saturated heterocycles. The van der Waals surface area contributed by atoms with Crippen molar-refractivity contribution in [2.45, 2.75) is 19.9 Å². The van der Waals surface area contributed by atoms with Crippen LogP contribution in [0.5, 0.6) is 0 Å². The van der Waals surface area contributed by atoms with Gasteiger partial charge in [-0.3, -0.25) is 4.79 Å². The standard InChI is InChI=1S/C25H22FNO/c1-19(28)24-12-8-21(9-13-24)3-2-20-4-6-23(7-5-20)18-27-17-16-22-10-14-25(26)15-11-22/h4-15,27H,16-18H2,1H3. The highest BCUT2D eigenvalue weighted by Gasteiger charge is 1.98. The van der Waals surface area contributed by atoms with E-state index in [0.717, 1.165) is 36.2 Å². The van der Waals surface area contributed by atoms with E-state index < -0.39 is 0 Å². The average Bonchev–Trinajstić information content (AvgIpc) is 2.72. The van der Waals surface area contributed by atoms with Gasteiger partial charge >= 0.3 is 0 Å². The van der Waals surface area contributed by atoms with E-state index in [9.17, 15) is 9.18 Å². The first kappa shape index (κ1) is 19.5. The fourth-order valence-electron chi connectivity index (χ4n) is 2.76. The third-order valence-electron chi connectivity index (χ3n) is 4.43. The van der Waals surface area contributed by atoms with Crippen LogP contribution in [-0.2, 0) is 13.0 Å². The summed E-state index contributed by atoms with van der Waals surface area (Å²) in [6.45, 7) is 3.17. The number of carbonyl (C=O) groups is 1. The molecule has 0 aromatic heterocycles. The molecular weight excluding hydrogens is 349 g/mol. The maximum atomic E-state index is 12.9. The van der Waals surface area contributed by atoms with Crippen LogP contribution in [0, 0.1) is 17.7 Å². The van der Waals surface area contributed by atoms with Gasteiger partial charge in [-0.05, 0) is 67.4 Å². The van der Waals surface area contributed by atoms with Crippen molar-refractivity contribution in [1.82, 2.24) is 5.32 Å². The van der Waals surface area contributed by atoms with Crippen LogP contribution in [0.15, 0.2) is 72.8 Å². The lowest BCUT2D eigenvalue weighted by Crippen LogP contribution is -2.16. The number of rotatable bonds is 6. The molecule has 0 fully saturated rings. The molecular formula is C25H22FNO. The summed E-state index contributed by atoms with van der Waals surface area (Å²) in [6, 6.07) is 22.1. The van der Waals surface area contributed by atoms with Crippen LogP contribution >= 0.6 is 0 Å². The van der Waals surface area contributed by atoms with Crippen LogP contribution in [0.2, 0.25) is 0 Å². The molecule has 0 aliphatic carbocycles. The van der Waals surface area contributed by atoms with Gasteiger partial charge < -0.3 is 5.32 Å². The van der Waals surface area contributed by atoms with Crippen molar-refractivity contribution in [2.75, 3.05) is 6.54 Å². The summed E-state index contributed by atoms with van der Waals surface area (Å²) in [4.78, 5) is 11.3. The summed E-state index contributed by atoms with van der Waals surface area (Å²) >= 11 is 0. The van der Waals surface area contributed by atoms with Crippen molar-refractivity contribution in [1.29, 1.82) is 0 Å². The number of nitrogens with one attached hydrogen (secondary N) is 1. The summed E-state index contributed by atoms with van der Waals surface area (Å²) in [5.41, 5.74) is 4.84. The van der Waals surface area contributed by atoms with Gasteiger partial charge in [-0.25, -0.2) is 4.39 Å². The Hall–Kier alpha value is -3.22. The first-order chi connectivity index (χ1) is 13.6. The lowest BCUT2D eigenvalue weighted by atomic mass is 10.1. The molecule has 3 aromatic rings. The second kappa shape index (κ2) is 9.64. The van der Waals surface area contributed by atoms with E-state index in [4.69, 9.17) is 0 Å². The van der Waals surface area contributed by atoms with Crippen LogP contribution < -0.4 is 5.32 Å². The van der Waals surface area contributed by atoms with Gasteiger partial charge in [0.25, 0.3) is 0 Å². The fraction of sp³-hybridized carbons (Fsp3) is 0.160. The third-order valence-corrected chi connectivity index (χ3v) is 4.43. The largest absolute Gasteiger partial charge is 0.312 e. The summed E-state index contributed by atoms with van der Waals surface area (Å²) < 4.78 is 12.9. The quantitative estimate of drug-likeness (QED) is 0.384. The molecule has 0 atom stereocenters. The van der Waals surface area contributed by atoms with Gasteiger partial charge in [0.1, 0.15) is 5.82 Å². The highest BCUT2D eigenvalue weighted by atomic mass is 19.1. The molecule has 0 saturated carbocycles. The van der Waals surface area contributed by atoms with Crippen LogP contribution in [-0.4, -0.2) is 12.3 Å². The van der Waals surface area contributed by atoms with Gasteiger partial charge in [0.15, 0.2) is 5.78 Å². The lowest BCUT2D eigenvalue weighted by Gasteiger charge is -2.05. The van der Waals surface area contributed by atoms with Gasteiger partial charge in [-0.2, -0.15) is 0 Å². The molecule has 3 aromatic carbocycles. The highest BCUT2D eigenvalue weighted by Crippen LogP contribution is 2.07. The minimum absolute atomic E-state index is 0.0568. The Labute approximate surface area is 165 Å². The molecule has 2 nitrogen and oxygen atoms in total. The number of hydrogen-bond acceptors (Lipinski definition) is 2. The van der Waals surface area contributed by atoms with Crippen molar-refractivity contribution >= 4 is 5.78 Å². The fourth-order valence-corrected chi connectivity index (χ4v) is 2.76. The summed E-state index contributed by atoms with van der Waals surface area (Å²) in [5, 5.41) is 3.40. The SMILES string of the molecule is CC(=O)c1ccc(C#Cc2ccc(CNCCc3ccc(F)cc3)cc2)cc1. The van der Waals surface area contributed by atoms with Crippen molar-refractivity contribution < 1.29 is 9.18 Å². The molecule has 0 heterocycles.